The fraction of sp³-hybridized carbons (Fsp3) is 0.571. The van der Waals surface area contributed by atoms with Crippen molar-refractivity contribution in [3.05, 3.63) is 35.9 Å². The summed E-state index contributed by atoms with van der Waals surface area (Å²) in [6, 6.07) is 4.72. The molecule has 0 aliphatic rings. The number of aliphatic carboxylic acids is 1. The molecule has 0 radical (unpaired) electrons. The third-order valence-corrected chi connectivity index (χ3v) is 4.84. The van der Waals surface area contributed by atoms with Crippen LogP contribution in [0.5, 0.6) is 0 Å². The molecule has 180 valence electrons. The van der Waals surface area contributed by atoms with Crippen LogP contribution in [0.1, 0.15) is 25.8 Å². The van der Waals surface area contributed by atoms with Crippen LogP contribution in [0, 0.1) is 5.92 Å². The third-order valence-electron chi connectivity index (χ3n) is 4.84. The first-order chi connectivity index (χ1) is 15.0. The van der Waals surface area contributed by atoms with Crippen molar-refractivity contribution in [2.45, 2.75) is 63.1 Å². The molecule has 0 heterocycles. The van der Waals surface area contributed by atoms with Crippen LogP contribution in [-0.4, -0.2) is 86.4 Å². The average Bonchev–Trinajstić information content (AvgIpc) is 2.75. The van der Waals surface area contributed by atoms with E-state index in [2.05, 4.69) is 10.6 Å². The minimum absolute atomic E-state index is 0.0731. The number of carboxylic acid groups (broad SMARTS) is 1. The Kier molecular flexibility index (Phi) is 11.2. The van der Waals surface area contributed by atoms with E-state index in [-0.39, 0.29) is 12.3 Å². The number of carbonyl (C=O) groups is 3. The fourth-order valence-corrected chi connectivity index (χ4v) is 3.03. The molecule has 1 rings (SSSR count). The Morgan fingerprint density at radius 1 is 0.969 bits per heavy atom. The van der Waals surface area contributed by atoms with Gasteiger partial charge in [-0.1, -0.05) is 44.2 Å². The van der Waals surface area contributed by atoms with Gasteiger partial charge in [-0.05, 0) is 17.9 Å². The maximum Gasteiger partial charge on any atom is 0.326 e. The van der Waals surface area contributed by atoms with Crippen molar-refractivity contribution in [3.8, 4) is 0 Å². The summed E-state index contributed by atoms with van der Waals surface area (Å²) in [5.74, 6) is -3.16. The van der Waals surface area contributed by atoms with Gasteiger partial charge < -0.3 is 41.9 Å². The molecule has 0 aliphatic carbocycles. The predicted molar refractivity (Wildman–Crippen MR) is 114 cm³/mol. The molecule has 1 aromatic carbocycles. The molecule has 9 N–H and O–H groups in total. The summed E-state index contributed by atoms with van der Waals surface area (Å²) < 4.78 is 0. The summed E-state index contributed by atoms with van der Waals surface area (Å²) in [5, 5.41) is 53.8. The molecule has 0 aliphatic heterocycles. The van der Waals surface area contributed by atoms with Gasteiger partial charge in [0.25, 0.3) is 5.91 Å². The number of hydrogen-bond acceptors (Lipinski definition) is 8. The molecule has 11 heteroatoms. The van der Waals surface area contributed by atoms with Crippen molar-refractivity contribution in [3.63, 3.8) is 0 Å². The Morgan fingerprint density at radius 2 is 1.56 bits per heavy atom. The first-order valence-electron chi connectivity index (χ1n) is 10.3. The Hall–Kier alpha value is -2.57. The zero-order chi connectivity index (χ0) is 24.4. The van der Waals surface area contributed by atoms with Gasteiger partial charge in [-0.3, -0.25) is 9.59 Å². The minimum atomic E-state index is -2.22. The van der Waals surface area contributed by atoms with Gasteiger partial charge in [-0.25, -0.2) is 4.79 Å². The quantitative estimate of drug-likeness (QED) is 0.161. The van der Waals surface area contributed by atoms with E-state index in [1.54, 1.807) is 30.3 Å². The molecule has 0 saturated carbocycles. The van der Waals surface area contributed by atoms with Crippen LogP contribution in [-0.2, 0) is 20.8 Å². The first kappa shape index (κ1) is 27.5. The highest BCUT2D eigenvalue weighted by molar-refractivity contribution is 5.87. The van der Waals surface area contributed by atoms with E-state index in [0.29, 0.717) is 12.0 Å². The highest BCUT2D eigenvalue weighted by atomic mass is 16.4. The average molecular weight is 456 g/mol. The highest BCUT2D eigenvalue weighted by Gasteiger charge is 2.37. The molecule has 6 atom stereocenters. The van der Waals surface area contributed by atoms with Crippen LogP contribution in [0.25, 0.3) is 0 Å². The summed E-state index contributed by atoms with van der Waals surface area (Å²) >= 11 is 0. The number of hydrogen-bond donors (Lipinski definition) is 8. The lowest BCUT2D eigenvalue weighted by molar-refractivity contribution is -0.149. The summed E-state index contributed by atoms with van der Waals surface area (Å²) in [4.78, 5) is 35.9. The van der Waals surface area contributed by atoms with Crippen LogP contribution < -0.4 is 16.4 Å². The smallest absolute Gasteiger partial charge is 0.326 e. The molecule has 0 fully saturated rings. The molecular weight excluding hydrogens is 422 g/mol. The SMILES string of the molecule is CC(C)C[C@H](N)C(=O)N[C@@H](CO)[C@@H](O)[C@@H](O)[C@H](O)C(=O)N[C@H](Cc1ccccc1)C(=O)O. The van der Waals surface area contributed by atoms with Gasteiger partial charge in [0, 0.05) is 6.42 Å². The number of carboxylic acids is 1. The maximum atomic E-state index is 12.3. The second kappa shape index (κ2) is 13.1. The van der Waals surface area contributed by atoms with E-state index in [0.717, 1.165) is 0 Å². The molecule has 11 nitrogen and oxygen atoms in total. The number of aliphatic hydroxyl groups excluding tert-OH is 4. The normalized spacial score (nSPS) is 17.0. The van der Waals surface area contributed by atoms with Crippen molar-refractivity contribution >= 4 is 17.8 Å². The Labute approximate surface area is 186 Å². The summed E-state index contributed by atoms with van der Waals surface area (Å²) in [5.41, 5.74) is 6.37. The van der Waals surface area contributed by atoms with Gasteiger partial charge in [0.05, 0.1) is 18.7 Å². The number of nitrogens with two attached hydrogens (primary N) is 1. The molecule has 2 amide bonds. The van der Waals surface area contributed by atoms with Crippen molar-refractivity contribution in [2.75, 3.05) is 6.61 Å². The maximum absolute atomic E-state index is 12.3. The molecule has 1 aromatic rings. The summed E-state index contributed by atoms with van der Waals surface area (Å²) in [7, 11) is 0. The Balaban J connectivity index is 2.77. The molecular formula is C21H33N3O8. The molecule has 0 aromatic heterocycles. The van der Waals surface area contributed by atoms with Gasteiger partial charge in [-0.2, -0.15) is 0 Å². The van der Waals surface area contributed by atoms with Gasteiger partial charge in [-0.15, -0.1) is 0 Å². The number of benzene rings is 1. The largest absolute Gasteiger partial charge is 0.480 e. The molecule has 0 unspecified atom stereocenters. The number of nitrogens with one attached hydrogen (secondary N) is 2. The van der Waals surface area contributed by atoms with Gasteiger partial charge >= 0.3 is 5.97 Å². The van der Waals surface area contributed by atoms with E-state index in [1.165, 1.54) is 0 Å². The van der Waals surface area contributed by atoms with Gasteiger partial charge in [0.1, 0.15) is 18.2 Å². The first-order valence-corrected chi connectivity index (χ1v) is 10.3. The zero-order valence-electron chi connectivity index (χ0n) is 18.1. The second-order valence-corrected chi connectivity index (χ2v) is 8.05. The van der Waals surface area contributed by atoms with Crippen molar-refractivity contribution in [1.29, 1.82) is 0 Å². The van der Waals surface area contributed by atoms with E-state index in [9.17, 15) is 39.9 Å². The minimum Gasteiger partial charge on any atom is -0.480 e. The van der Waals surface area contributed by atoms with E-state index in [4.69, 9.17) is 5.73 Å². The zero-order valence-corrected chi connectivity index (χ0v) is 18.1. The Bertz CT molecular complexity index is 746. The predicted octanol–water partition coefficient (Wildman–Crippen LogP) is -2.27. The number of aliphatic hydroxyl groups is 4. The van der Waals surface area contributed by atoms with Crippen LogP contribution in [0.4, 0.5) is 0 Å². The number of carbonyl (C=O) groups excluding carboxylic acids is 2. The third kappa shape index (κ3) is 8.52. The van der Waals surface area contributed by atoms with Crippen LogP contribution in [0.15, 0.2) is 30.3 Å². The lowest BCUT2D eigenvalue weighted by Crippen LogP contribution is -2.59. The fourth-order valence-electron chi connectivity index (χ4n) is 3.03. The second-order valence-electron chi connectivity index (χ2n) is 8.05. The highest BCUT2D eigenvalue weighted by Crippen LogP contribution is 2.09. The molecule has 32 heavy (non-hydrogen) atoms. The van der Waals surface area contributed by atoms with Crippen molar-refractivity contribution in [1.82, 2.24) is 10.6 Å². The molecule has 0 spiro atoms. The monoisotopic (exact) mass is 455 g/mol. The molecule has 0 saturated heterocycles. The van der Waals surface area contributed by atoms with E-state index >= 15 is 0 Å². The Morgan fingerprint density at radius 3 is 2.06 bits per heavy atom. The summed E-state index contributed by atoms with van der Waals surface area (Å²) in [6.45, 7) is 2.90. The van der Waals surface area contributed by atoms with Gasteiger partial charge in [0.2, 0.25) is 5.91 Å². The van der Waals surface area contributed by atoms with E-state index in [1.807, 2.05) is 13.8 Å². The standard InChI is InChI=1S/C21H33N3O8/c1-11(2)8-13(22)19(29)24-15(10-25)16(26)17(27)18(28)20(30)23-14(21(31)32)9-12-6-4-3-5-7-12/h3-7,11,13-18,25-28H,8-10,22H2,1-2H3,(H,23,30)(H,24,29)(H,31,32)/t13-,14+,15-,16+,17+,18-/m0/s1. The van der Waals surface area contributed by atoms with Crippen molar-refractivity contribution < 1.29 is 39.9 Å². The lowest BCUT2D eigenvalue weighted by Gasteiger charge is -2.30. The van der Waals surface area contributed by atoms with E-state index < -0.39 is 60.8 Å². The molecule has 0 bridgehead atoms. The van der Waals surface area contributed by atoms with Gasteiger partial charge in [0.15, 0.2) is 6.10 Å². The van der Waals surface area contributed by atoms with Crippen LogP contribution >= 0.6 is 0 Å². The van der Waals surface area contributed by atoms with Crippen LogP contribution in [0.2, 0.25) is 0 Å². The number of amides is 2. The topological polar surface area (TPSA) is 202 Å². The van der Waals surface area contributed by atoms with Crippen LogP contribution in [0.3, 0.4) is 0 Å². The number of rotatable bonds is 13. The summed E-state index contributed by atoms with van der Waals surface area (Å²) in [6.07, 6.45) is -6.02. The van der Waals surface area contributed by atoms with Crippen molar-refractivity contribution in [2.24, 2.45) is 11.7 Å². The lowest BCUT2D eigenvalue weighted by atomic mass is 9.98.